The summed E-state index contributed by atoms with van der Waals surface area (Å²) in [6.45, 7) is 7.10. The van der Waals surface area contributed by atoms with Crippen molar-refractivity contribution >= 4 is 0 Å². The van der Waals surface area contributed by atoms with Gasteiger partial charge in [0.05, 0.1) is 0 Å². The molecule has 12 heavy (non-hydrogen) atoms. The van der Waals surface area contributed by atoms with Gasteiger partial charge in [-0.2, -0.15) is 0 Å². The molecule has 68 valence electrons. The minimum atomic E-state index is -0.767. The highest BCUT2D eigenvalue weighted by Gasteiger charge is 2.52. The molecule has 0 aromatic rings. The lowest BCUT2D eigenvalue weighted by atomic mass is 10.2. The van der Waals surface area contributed by atoms with Crippen molar-refractivity contribution in [3.8, 4) is 0 Å². The molecular formula is C8H12O4. The maximum atomic E-state index is 9.47. The number of fused-ring (bicyclic) bond motifs is 1. The Morgan fingerprint density at radius 3 is 2.67 bits per heavy atom. The quantitative estimate of drug-likeness (QED) is 0.573. The third kappa shape index (κ3) is 1.03. The molecule has 1 N–H and O–H groups in total. The van der Waals surface area contributed by atoms with Crippen LogP contribution in [0.4, 0.5) is 0 Å². The van der Waals surface area contributed by atoms with E-state index < -0.39 is 24.3 Å². The standard InChI is InChI=1S/C8H12O4/c1-4-5(9)6-7(10-4)12-8(2,3)11-6/h5-7,9H,1H2,2-3H3/t5-,6+,7+/m0/s1. The molecule has 0 unspecified atom stereocenters. The van der Waals surface area contributed by atoms with Crippen LogP contribution in [0, 0.1) is 0 Å². The van der Waals surface area contributed by atoms with Crippen LogP contribution in [0.1, 0.15) is 13.8 Å². The largest absolute Gasteiger partial charge is 0.464 e. The van der Waals surface area contributed by atoms with Gasteiger partial charge in [-0.3, -0.25) is 0 Å². The molecule has 0 amide bonds. The summed E-state index contributed by atoms with van der Waals surface area (Å²) in [4.78, 5) is 0. The zero-order chi connectivity index (χ0) is 8.93. The van der Waals surface area contributed by atoms with E-state index in [9.17, 15) is 5.11 Å². The van der Waals surface area contributed by atoms with E-state index >= 15 is 0 Å². The third-order valence-electron chi connectivity index (χ3n) is 2.00. The van der Waals surface area contributed by atoms with Gasteiger partial charge in [0.25, 0.3) is 0 Å². The van der Waals surface area contributed by atoms with Crippen molar-refractivity contribution in [2.24, 2.45) is 0 Å². The molecule has 3 atom stereocenters. The summed E-state index contributed by atoms with van der Waals surface area (Å²) in [5.74, 6) is -0.350. The average Bonchev–Trinajstić information content (AvgIpc) is 2.33. The Balaban J connectivity index is 2.16. The highest BCUT2D eigenvalue weighted by atomic mass is 16.8. The zero-order valence-electron chi connectivity index (χ0n) is 7.11. The molecule has 0 saturated carbocycles. The van der Waals surface area contributed by atoms with Gasteiger partial charge in [-0.05, 0) is 13.8 Å². The number of hydrogen-bond acceptors (Lipinski definition) is 4. The van der Waals surface area contributed by atoms with Crippen molar-refractivity contribution in [1.29, 1.82) is 0 Å². The molecule has 2 aliphatic rings. The lowest BCUT2D eigenvalue weighted by molar-refractivity contribution is -0.189. The lowest BCUT2D eigenvalue weighted by Crippen LogP contribution is -2.28. The van der Waals surface area contributed by atoms with E-state index in [1.165, 1.54) is 0 Å². The first-order chi connectivity index (χ1) is 5.49. The lowest BCUT2D eigenvalue weighted by Gasteiger charge is -2.19. The van der Waals surface area contributed by atoms with Crippen LogP contribution in [0.3, 0.4) is 0 Å². The second kappa shape index (κ2) is 2.22. The summed E-state index contributed by atoms with van der Waals surface area (Å²) in [6.07, 6.45) is -1.69. The van der Waals surface area contributed by atoms with Gasteiger partial charge >= 0.3 is 0 Å². The van der Waals surface area contributed by atoms with Crippen molar-refractivity contribution < 1.29 is 19.3 Å². The van der Waals surface area contributed by atoms with Crippen molar-refractivity contribution in [2.75, 3.05) is 0 Å². The third-order valence-corrected chi connectivity index (χ3v) is 2.00. The number of aliphatic hydroxyl groups excluding tert-OH is 1. The Hall–Kier alpha value is -0.580. The van der Waals surface area contributed by atoms with Crippen LogP contribution in [0.15, 0.2) is 12.3 Å². The molecule has 2 saturated heterocycles. The zero-order valence-corrected chi connectivity index (χ0v) is 7.11. The molecule has 4 heteroatoms. The SMILES string of the molecule is C=C1O[C@@H]2OC(C)(C)O[C@@H]2[C@H]1O. The van der Waals surface area contributed by atoms with Crippen LogP contribution in [-0.4, -0.2) is 29.4 Å². The number of ether oxygens (including phenoxy) is 3. The molecule has 0 aromatic heterocycles. The normalized spacial score (nSPS) is 44.2. The van der Waals surface area contributed by atoms with E-state index in [0.717, 1.165) is 0 Å². The van der Waals surface area contributed by atoms with Crippen LogP contribution < -0.4 is 0 Å². The first kappa shape index (κ1) is 8.04. The smallest absolute Gasteiger partial charge is 0.231 e. The molecule has 0 bridgehead atoms. The van der Waals surface area contributed by atoms with Crippen LogP contribution in [0.5, 0.6) is 0 Å². The van der Waals surface area contributed by atoms with Gasteiger partial charge in [0.1, 0.15) is 11.9 Å². The maximum Gasteiger partial charge on any atom is 0.231 e. The monoisotopic (exact) mass is 172 g/mol. The highest BCUT2D eigenvalue weighted by molar-refractivity contribution is 5.06. The Morgan fingerprint density at radius 2 is 2.08 bits per heavy atom. The average molecular weight is 172 g/mol. The first-order valence-electron chi connectivity index (χ1n) is 3.89. The van der Waals surface area contributed by atoms with Crippen LogP contribution >= 0.6 is 0 Å². The summed E-state index contributed by atoms with van der Waals surface area (Å²) in [5.41, 5.74) is 0. The van der Waals surface area contributed by atoms with Gasteiger partial charge in [0, 0.05) is 0 Å². The summed E-state index contributed by atoms with van der Waals surface area (Å²) in [6, 6.07) is 0. The number of hydrogen-bond donors (Lipinski definition) is 1. The van der Waals surface area contributed by atoms with E-state index in [-0.39, 0.29) is 0 Å². The van der Waals surface area contributed by atoms with Gasteiger partial charge in [-0.25, -0.2) is 0 Å². The number of rotatable bonds is 0. The summed E-state index contributed by atoms with van der Waals surface area (Å²) in [5, 5.41) is 9.47. The fraction of sp³-hybridized carbons (Fsp3) is 0.750. The summed E-state index contributed by atoms with van der Waals surface area (Å²) in [7, 11) is 0. The summed E-state index contributed by atoms with van der Waals surface area (Å²) >= 11 is 0. The van der Waals surface area contributed by atoms with Gasteiger partial charge < -0.3 is 19.3 Å². The molecule has 2 rings (SSSR count). The second-order valence-electron chi connectivity index (χ2n) is 3.50. The van der Waals surface area contributed by atoms with Gasteiger partial charge in [-0.1, -0.05) is 6.58 Å². The maximum absolute atomic E-state index is 9.47. The Kier molecular flexibility index (Phi) is 1.49. The molecule has 2 heterocycles. The van der Waals surface area contributed by atoms with E-state index in [2.05, 4.69) is 6.58 Å². The van der Waals surface area contributed by atoms with E-state index in [4.69, 9.17) is 14.2 Å². The minimum absolute atomic E-state index is 0.320. The first-order valence-corrected chi connectivity index (χ1v) is 3.89. The van der Waals surface area contributed by atoms with E-state index in [0.29, 0.717) is 5.76 Å². The number of aliphatic hydroxyl groups is 1. The molecule has 0 spiro atoms. The van der Waals surface area contributed by atoms with Crippen LogP contribution in [0.2, 0.25) is 0 Å². The van der Waals surface area contributed by atoms with Gasteiger partial charge in [0.2, 0.25) is 6.29 Å². The Bertz CT molecular complexity index is 223. The molecular weight excluding hydrogens is 160 g/mol. The second-order valence-corrected chi connectivity index (χ2v) is 3.50. The van der Waals surface area contributed by atoms with Gasteiger partial charge in [0.15, 0.2) is 11.9 Å². The Labute approximate surface area is 70.7 Å². The molecule has 2 fully saturated rings. The van der Waals surface area contributed by atoms with Crippen molar-refractivity contribution in [3.05, 3.63) is 12.3 Å². The molecule has 4 nitrogen and oxygen atoms in total. The fourth-order valence-electron chi connectivity index (χ4n) is 1.46. The molecule has 0 radical (unpaired) electrons. The van der Waals surface area contributed by atoms with Crippen LogP contribution in [-0.2, 0) is 14.2 Å². The molecule has 2 aliphatic heterocycles. The molecule has 0 aliphatic carbocycles. The fourth-order valence-corrected chi connectivity index (χ4v) is 1.46. The van der Waals surface area contributed by atoms with Crippen molar-refractivity contribution in [2.45, 2.75) is 38.1 Å². The topological polar surface area (TPSA) is 47.9 Å². The van der Waals surface area contributed by atoms with E-state index in [1.807, 2.05) is 0 Å². The predicted molar refractivity (Wildman–Crippen MR) is 40.1 cm³/mol. The highest BCUT2D eigenvalue weighted by Crippen LogP contribution is 2.38. The van der Waals surface area contributed by atoms with Crippen molar-refractivity contribution in [3.63, 3.8) is 0 Å². The predicted octanol–water partition coefficient (Wildman–Crippen LogP) is 0.369. The molecule has 0 aromatic carbocycles. The van der Waals surface area contributed by atoms with Crippen LogP contribution in [0.25, 0.3) is 0 Å². The van der Waals surface area contributed by atoms with Crippen molar-refractivity contribution in [1.82, 2.24) is 0 Å². The van der Waals surface area contributed by atoms with E-state index in [1.54, 1.807) is 13.8 Å². The minimum Gasteiger partial charge on any atom is -0.464 e. The summed E-state index contributed by atoms with van der Waals surface area (Å²) < 4.78 is 15.9. The van der Waals surface area contributed by atoms with Gasteiger partial charge in [-0.15, -0.1) is 0 Å². The Morgan fingerprint density at radius 1 is 1.42 bits per heavy atom.